The van der Waals surface area contributed by atoms with Crippen LogP contribution in [0.2, 0.25) is 5.15 Å². The Labute approximate surface area is 93.6 Å². The molecule has 0 aromatic carbocycles. The molecule has 0 atom stereocenters. The van der Waals surface area contributed by atoms with Crippen LogP contribution in [0, 0.1) is 0 Å². The standard InChI is InChI=1S/C11H13ClN2O/c1-15-7-3-6-11-13-8-9-4-2-5-10(12)14(9)11/h2,4-5,8H,3,6-7H2,1H3. The van der Waals surface area contributed by atoms with Gasteiger partial charge in [-0.25, -0.2) is 4.98 Å². The van der Waals surface area contributed by atoms with Gasteiger partial charge in [0, 0.05) is 20.1 Å². The van der Waals surface area contributed by atoms with Crippen LogP contribution in [0.5, 0.6) is 0 Å². The third-order valence-corrected chi connectivity index (χ3v) is 2.62. The number of ether oxygens (including phenoxy) is 1. The Balaban J connectivity index is 2.27. The third kappa shape index (κ3) is 2.13. The summed E-state index contributed by atoms with van der Waals surface area (Å²) < 4.78 is 6.98. The molecule has 0 aliphatic carbocycles. The van der Waals surface area contributed by atoms with Crippen molar-refractivity contribution in [1.29, 1.82) is 0 Å². The van der Waals surface area contributed by atoms with Crippen LogP contribution in [0.4, 0.5) is 0 Å². The first-order valence-electron chi connectivity index (χ1n) is 4.92. The number of aryl methyl sites for hydroxylation is 1. The van der Waals surface area contributed by atoms with Crippen molar-refractivity contribution in [2.75, 3.05) is 13.7 Å². The SMILES string of the molecule is COCCCc1ncc2cccc(Cl)n12. The van der Waals surface area contributed by atoms with Gasteiger partial charge >= 0.3 is 0 Å². The summed E-state index contributed by atoms with van der Waals surface area (Å²) in [7, 11) is 1.71. The lowest BCUT2D eigenvalue weighted by Crippen LogP contribution is -1.99. The van der Waals surface area contributed by atoms with Gasteiger partial charge in [-0.15, -0.1) is 0 Å². The molecule has 80 valence electrons. The molecular formula is C11H13ClN2O. The number of hydrogen-bond donors (Lipinski definition) is 0. The minimum Gasteiger partial charge on any atom is -0.385 e. The van der Waals surface area contributed by atoms with Crippen molar-refractivity contribution in [1.82, 2.24) is 9.38 Å². The van der Waals surface area contributed by atoms with E-state index in [0.29, 0.717) is 5.15 Å². The highest BCUT2D eigenvalue weighted by molar-refractivity contribution is 6.29. The van der Waals surface area contributed by atoms with Crippen LogP contribution in [-0.2, 0) is 11.2 Å². The van der Waals surface area contributed by atoms with Crippen molar-refractivity contribution in [3.05, 3.63) is 35.4 Å². The number of rotatable bonds is 4. The molecule has 0 spiro atoms. The highest BCUT2D eigenvalue weighted by atomic mass is 35.5. The van der Waals surface area contributed by atoms with E-state index in [9.17, 15) is 0 Å². The fraction of sp³-hybridized carbons (Fsp3) is 0.364. The van der Waals surface area contributed by atoms with Gasteiger partial charge in [0.25, 0.3) is 0 Å². The number of methoxy groups -OCH3 is 1. The highest BCUT2D eigenvalue weighted by Gasteiger charge is 2.05. The van der Waals surface area contributed by atoms with Crippen molar-refractivity contribution >= 4 is 17.1 Å². The van der Waals surface area contributed by atoms with E-state index < -0.39 is 0 Å². The molecular weight excluding hydrogens is 212 g/mol. The number of nitrogens with zero attached hydrogens (tertiary/aromatic N) is 2. The molecule has 0 saturated carbocycles. The number of imidazole rings is 1. The quantitative estimate of drug-likeness (QED) is 0.590. The van der Waals surface area contributed by atoms with Crippen LogP contribution >= 0.6 is 11.6 Å². The molecule has 0 bridgehead atoms. The van der Waals surface area contributed by atoms with Gasteiger partial charge in [-0.1, -0.05) is 17.7 Å². The summed E-state index contributed by atoms with van der Waals surface area (Å²) in [6.45, 7) is 0.749. The van der Waals surface area contributed by atoms with Crippen LogP contribution in [-0.4, -0.2) is 23.1 Å². The molecule has 0 aliphatic rings. The van der Waals surface area contributed by atoms with E-state index in [2.05, 4.69) is 4.98 Å². The zero-order chi connectivity index (χ0) is 10.7. The Morgan fingerprint density at radius 1 is 1.47 bits per heavy atom. The largest absolute Gasteiger partial charge is 0.385 e. The van der Waals surface area contributed by atoms with Crippen LogP contribution in [0.15, 0.2) is 24.4 Å². The molecule has 2 aromatic rings. The Kier molecular flexibility index (Phi) is 3.23. The van der Waals surface area contributed by atoms with Gasteiger partial charge in [0.2, 0.25) is 0 Å². The zero-order valence-electron chi connectivity index (χ0n) is 8.61. The molecule has 0 N–H and O–H groups in total. The molecule has 0 saturated heterocycles. The van der Waals surface area contributed by atoms with Crippen molar-refractivity contribution in [3.8, 4) is 0 Å². The molecule has 3 nitrogen and oxygen atoms in total. The summed E-state index contributed by atoms with van der Waals surface area (Å²) in [6, 6.07) is 5.80. The van der Waals surface area contributed by atoms with Crippen molar-refractivity contribution in [3.63, 3.8) is 0 Å². The van der Waals surface area contributed by atoms with E-state index in [4.69, 9.17) is 16.3 Å². The summed E-state index contributed by atoms with van der Waals surface area (Å²) in [4.78, 5) is 4.35. The number of halogens is 1. The lowest BCUT2D eigenvalue weighted by atomic mass is 10.3. The van der Waals surface area contributed by atoms with Crippen LogP contribution in [0.3, 0.4) is 0 Å². The minimum atomic E-state index is 0.706. The minimum absolute atomic E-state index is 0.706. The normalized spacial score (nSPS) is 11.1. The fourth-order valence-electron chi connectivity index (χ4n) is 1.62. The van der Waals surface area contributed by atoms with Crippen LogP contribution in [0.25, 0.3) is 5.52 Å². The van der Waals surface area contributed by atoms with Gasteiger partial charge in [-0.3, -0.25) is 4.40 Å². The zero-order valence-corrected chi connectivity index (χ0v) is 9.37. The van der Waals surface area contributed by atoms with Crippen molar-refractivity contribution in [2.24, 2.45) is 0 Å². The maximum Gasteiger partial charge on any atom is 0.114 e. The van der Waals surface area contributed by atoms with Gasteiger partial charge in [0.1, 0.15) is 11.0 Å². The van der Waals surface area contributed by atoms with Crippen molar-refractivity contribution < 1.29 is 4.74 Å². The molecule has 0 unspecified atom stereocenters. The van der Waals surface area contributed by atoms with E-state index in [1.165, 1.54) is 0 Å². The molecule has 0 amide bonds. The molecule has 4 heteroatoms. The second-order valence-corrected chi connectivity index (χ2v) is 3.77. The van der Waals surface area contributed by atoms with E-state index in [1.807, 2.05) is 28.8 Å². The Morgan fingerprint density at radius 3 is 3.13 bits per heavy atom. The number of fused-ring (bicyclic) bond motifs is 1. The smallest absolute Gasteiger partial charge is 0.114 e. The summed E-state index contributed by atoms with van der Waals surface area (Å²) in [5.41, 5.74) is 1.04. The lowest BCUT2D eigenvalue weighted by molar-refractivity contribution is 0.194. The van der Waals surface area contributed by atoms with Crippen LogP contribution < -0.4 is 0 Å². The monoisotopic (exact) mass is 224 g/mol. The van der Waals surface area contributed by atoms with Gasteiger partial charge in [-0.2, -0.15) is 0 Å². The number of pyridine rings is 1. The second-order valence-electron chi connectivity index (χ2n) is 3.38. The maximum atomic E-state index is 6.11. The molecule has 2 aromatic heterocycles. The molecule has 2 rings (SSSR count). The summed E-state index contributed by atoms with van der Waals surface area (Å²) in [5.74, 6) is 0.993. The highest BCUT2D eigenvalue weighted by Crippen LogP contribution is 2.16. The molecule has 0 fully saturated rings. The topological polar surface area (TPSA) is 26.5 Å². The lowest BCUT2D eigenvalue weighted by Gasteiger charge is -2.03. The number of aromatic nitrogens is 2. The third-order valence-electron chi connectivity index (χ3n) is 2.33. The van der Waals surface area contributed by atoms with E-state index >= 15 is 0 Å². The van der Waals surface area contributed by atoms with Crippen LogP contribution in [0.1, 0.15) is 12.2 Å². The Bertz CT molecular complexity index is 453. The first-order valence-corrected chi connectivity index (χ1v) is 5.30. The Hall–Kier alpha value is -1.06. The first-order chi connectivity index (χ1) is 7.33. The van der Waals surface area contributed by atoms with Gasteiger partial charge in [0.15, 0.2) is 0 Å². The molecule has 15 heavy (non-hydrogen) atoms. The van der Waals surface area contributed by atoms with Crippen molar-refractivity contribution in [2.45, 2.75) is 12.8 Å². The van der Waals surface area contributed by atoms with E-state index in [-0.39, 0.29) is 0 Å². The predicted molar refractivity (Wildman–Crippen MR) is 60.4 cm³/mol. The predicted octanol–water partition coefficient (Wildman–Crippen LogP) is 2.57. The summed E-state index contributed by atoms with van der Waals surface area (Å²) in [5, 5.41) is 0.706. The molecule has 2 heterocycles. The van der Waals surface area contributed by atoms with E-state index in [1.54, 1.807) is 7.11 Å². The summed E-state index contributed by atoms with van der Waals surface area (Å²) in [6.07, 6.45) is 3.68. The second kappa shape index (κ2) is 4.64. The molecule has 0 radical (unpaired) electrons. The summed E-state index contributed by atoms with van der Waals surface area (Å²) >= 11 is 6.11. The number of hydrogen-bond acceptors (Lipinski definition) is 2. The van der Waals surface area contributed by atoms with E-state index in [0.717, 1.165) is 30.8 Å². The Morgan fingerprint density at radius 2 is 2.33 bits per heavy atom. The average Bonchev–Trinajstić information content (AvgIpc) is 2.63. The maximum absolute atomic E-state index is 6.11. The van der Waals surface area contributed by atoms with Gasteiger partial charge in [-0.05, 0) is 18.6 Å². The molecule has 0 aliphatic heterocycles. The average molecular weight is 225 g/mol. The fourth-order valence-corrected chi connectivity index (χ4v) is 1.89. The van der Waals surface area contributed by atoms with Gasteiger partial charge < -0.3 is 4.74 Å². The first kappa shape index (κ1) is 10.5. The van der Waals surface area contributed by atoms with Gasteiger partial charge in [0.05, 0.1) is 11.7 Å².